The Hall–Kier alpha value is -3.51. The second-order valence-corrected chi connectivity index (χ2v) is 9.93. The highest BCUT2D eigenvalue weighted by atomic mass is 32.2. The zero-order chi connectivity index (χ0) is 24.9. The van der Waals surface area contributed by atoms with Crippen LogP contribution < -0.4 is 10.6 Å². The molecule has 0 aliphatic carbocycles. The van der Waals surface area contributed by atoms with Crippen molar-refractivity contribution in [3.8, 4) is 0 Å². The van der Waals surface area contributed by atoms with Crippen molar-refractivity contribution in [2.75, 3.05) is 17.6 Å². The average molecular weight is 486 g/mol. The third-order valence-electron chi connectivity index (χ3n) is 6.19. The quantitative estimate of drug-likeness (QED) is 0.299. The molecule has 0 aliphatic heterocycles. The summed E-state index contributed by atoms with van der Waals surface area (Å²) in [4.78, 5) is 26.3. The van der Waals surface area contributed by atoms with Gasteiger partial charge in [0.1, 0.15) is 0 Å². The fourth-order valence-electron chi connectivity index (χ4n) is 3.99. The van der Waals surface area contributed by atoms with Crippen LogP contribution in [0.1, 0.15) is 32.6 Å². The second kappa shape index (κ2) is 10.8. The van der Waals surface area contributed by atoms with Crippen LogP contribution in [0.5, 0.6) is 0 Å². The van der Waals surface area contributed by atoms with E-state index in [1.165, 1.54) is 17.3 Å². The minimum Gasteiger partial charge on any atom is -0.350 e. The normalized spacial score (nSPS) is 11.0. The third kappa shape index (κ3) is 5.95. The monoisotopic (exact) mass is 485 g/mol. The van der Waals surface area contributed by atoms with Crippen molar-refractivity contribution >= 4 is 40.2 Å². The number of amides is 2. The maximum absolute atomic E-state index is 12.6. The predicted octanol–water partition coefficient (Wildman–Crippen LogP) is 6.04. The van der Waals surface area contributed by atoms with E-state index in [4.69, 9.17) is 0 Å². The van der Waals surface area contributed by atoms with Crippen LogP contribution in [-0.4, -0.2) is 28.7 Å². The topological polar surface area (TPSA) is 63.1 Å². The maximum Gasteiger partial charge on any atom is 0.251 e. The molecule has 0 spiro atoms. The van der Waals surface area contributed by atoms with Crippen molar-refractivity contribution in [2.24, 2.45) is 0 Å². The third-order valence-corrected chi connectivity index (χ3v) is 7.23. The largest absolute Gasteiger partial charge is 0.350 e. The van der Waals surface area contributed by atoms with Crippen molar-refractivity contribution in [3.63, 3.8) is 0 Å². The Labute approximate surface area is 210 Å². The maximum atomic E-state index is 12.6. The molecule has 0 saturated heterocycles. The molecular formula is C29H31N3O2S. The molecular weight excluding hydrogens is 454 g/mol. The van der Waals surface area contributed by atoms with Gasteiger partial charge in [0.2, 0.25) is 5.91 Å². The number of thioether (sulfide) groups is 1. The van der Waals surface area contributed by atoms with E-state index in [9.17, 15) is 9.59 Å². The van der Waals surface area contributed by atoms with Gasteiger partial charge >= 0.3 is 0 Å². The lowest BCUT2D eigenvalue weighted by Gasteiger charge is -2.09. The molecule has 6 heteroatoms. The number of aryl methyl sites for hydroxylation is 4. The molecule has 5 nitrogen and oxygen atoms in total. The molecule has 1 aromatic heterocycles. The molecule has 0 fully saturated rings. The van der Waals surface area contributed by atoms with Gasteiger partial charge in [0, 0.05) is 46.3 Å². The Kier molecular flexibility index (Phi) is 7.61. The van der Waals surface area contributed by atoms with Crippen molar-refractivity contribution < 1.29 is 9.59 Å². The van der Waals surface area contributed by atoms with Crippen molar-refractivity contribution in [2.45, 2.75) is 39.1 Å². The van der Waals surface area contributed by atoms with E-state index >= 15 is 0 Å². The summed E-state index contributed by atoms with van der Waals surface area (Å²) in [6, 6.07) is 20.0. The molecule has 0 unspecified atom stereocenters. The van der Waals surface area contributed by atoms with Crippen LogP contribution in [0, 0.1) is 27.7 Å². The molecule has 180 valence electrons. The van der Waals surface area contributed by atoms with Gasteiger partial charge in [-0.3, -0.25) is 9.59 Å². The van der Waals surface area contributed by atoms with Gasteiger partial charge in [0.25, 0.3) is 5.91 Å². The first-order valence-electron chi connectivity index (χ1n) is 11.7. The molecule has 4 aromatic rings. The zero-order valence-electron chi connectivity index (χ0n) is 20.6. The molecule has 0 radical (unpaired) electrons. The summed E-state index contributed by atoms with van der Waals surface area (Å²) in [5.74, 6) is 0.230. The predicted molar refractivity (Wildman–Crippen MR) is 145 cm³/mol. The summed E-state index contributed by atoms with van der Waals surface area (Å²) in [7, 11) is 0. The number of carbonyl (C=O) groups excluding carboxylic acids is 2. The lowest BCUT2D eigenvalue weighted by molar-refractivity contribution is -0.113. The van der Waals surface area contributed by atoms with Crippen LogP contribution in [0.15, 0.2) is 71.8 Å². The Balaban J connectivity index is 1.39. The molecule has 2 amide bonds. The summed E-state index contributed by atoms with van der Waals surface area (Å²) >= 11 is 1.53. The molecule has 0 atom stereocenters. The first-order chi connectivity index (χ1) is 16.8. The highest BCUT2D eigenvalue weighted by Crippen LogP contribution is 2.30. The van der Waals surface area contributed by atoms with E-state index in [1.54, 1.807) is 0 Å². The fourth-order valence-corrected chi connectivity index (χ4v) is 4.88. The number of rotatable bonds is 8. The Morgan fingerprint density at radius 2 is 1.66 bits per heavy atom. The lowest BCUT2D eigenvalue weighted by atomic mass is 10.1. The molecule has 2 N–H and O–H groups in total. The van der Waals surface area contributed by atoms with Crippen LogP contribution in [0.3, 0.4) is 0 Å². The number of nitrogens with one attached hydrogen (secondary N) is 2. The second-order valence-electron chi connectivity index (χ2n) is 8.91. The number of hydrogen-bond acceptors (Lipinski definition) is 3. The van der Waals surface area contributed by atoms with E-state index in [-0.39, 0.29) is 11.8 Å². The Bertz CT molecular complexity index is 1390. The van der Waals surface area contributed by atoms with Gasteiger partial charge < -0.3 is 15.2 Å². The average Bonchev–Trinajstić information content (AvgIpc) is 3.19. The van der Waals surface area contributed by atoms with Crippen molar-refractivity contribution in [1.82, 2.24) is 9.88 Å². The number of para-hydroxylation sites is 1. The Morgan fingerprint density at radius 1 is 0.886 bits per heavy atom. The zero-order valence-corrected chi connectivity index (χ0v) is 21.5. The first-order valence-corrected chi connectivity index (χ1v) is 12.7. The SMILES string of the molecule is Cc1ccc(C)c(NC(=O)CSc2cn(CCNC(=O)c3ccc(C)c(C)c3)c3ccccc23)c1. The molecule has 1 heterocycles. The number of hydrogen-bond donors (Lipinski definition) is 2. The van der Waals surface area contributed by atoms with E-state index in [1.807, 2.05) is 76.2 Å². The van der Waals surface area contributed by atoms with Gasteiger partial charge in [-0.05, 0) is 74.2 Å². The van der Waals surface area contributed by atoms with E-state index in [0.29, 0.717) is 24.4 Å². The summed E-state index contributed by atoms with van der Waals surface area (Å²) in [5, 5.41) is 7.17. The summed E-state index contributed by atoms with van der Waals surface area (Å²) in [6.45, 7) is 9.22. The van der Waals surface area contributed by atoms with Crippen LogP contribution >= 0.6 is 11.8 Å². The van der Waals surface area contributed by atoms with Crippen LogP contribution in [-0.2, 0) is 11.3 Å². The number of benzene rings is 3. The minimum atomic E-state index is -0.0673. The molecule has 0 aliphatic rings. The first kappa shape index (κ1) is 24.6. The van der Waals surface area contributed by atoms with Gasteiger partial charge in [0.15, 0.2) is 0 Å². The van der Waals surface area contributed by atoms with Crippen LogP contribution in [0.4, 0.5) is 5.69 Å². The molecule has 4 rings (SSSR count). The van der Waals surface area contributed by atoms with Crippen molar-refractivity contribution in [3.05, 3.63) is 94.7 Å². The Morgan fingerprint density at radius 3 is 2.46 bits per heavy atom. The van der Waals surface area contributed by atoms with Gasteiger partial charge in [-0.15, -0.1) is 11.8 Å². The summed E-state index contributed by atoms with van der Waals surface area (Å²) in [5.41, 5.74) is 7.07. The standard InChI is InChI=1S/C29H31N3O2S/c1-19-9-10-21(3)25(15-19)31-28(33)18-35-27-17-32(26-8-6-5-7-24(26)27)14-13-30-29(34)23-12-11-20(2)22(4)16-23/h5-12,15-17H,13-14,18H2,1-4H3,(H,30,34)(H,31,33). The number of nitrogens with zero attached hydrogens (tertiary/aromatic N) is 1. The highest BCUT2D eigenvalue weighted by Gasteiger charge is 2.12. The summed E-state index contributed by atoms with van der Waals surface area (Å²) < 4.78 is 2.14. The van der Waals surface area contributed by atoms with Gasteiger partial charge in [-0.1, -0.05) is 36.4 Å². The fraction of sp³-hybridized carbons (Fsp3) is 0.241. The molecule has 0 bridgehead atoms. The van der Waals surface area contributed by atoms with E-state index in [2.05, 4.69) is 33.5 Å². The smallest absolute Gasteiger partial charge is 0.251 e. The highest BCUT2D eigenvalue weighted by molar-refractivity contribution is 8.00. The van der Waals surface area contributed by atoms with Crippen molar-refractivity contribution in [1.29, 1.82) is 0 Å². The molecule has 35 heavy (non-hydrogen) atoms. The summed E-state index contributed by atoms with van der Waals surface area (Å²) in [6.07, 6.45) is 2.07. The van der Waals surface area contributed by atoms with Gasteiger partial charge in [-0.25, -0.2) is 0 Å². The number of carbonyl (C=O) groups is 2. The van der Waals surface area contributed by atoms with Crippen LogP contribution in [0.25, 0.3) is 10.9 Å². The van der Waals surface area contributed by atoms with E-state index < -0.39 is 0 Å². The minimum absolute atomic E-state index is 0.0267. The number of aromatic nitrogens is 1. The lowest BCUT2D eigenvalue weighted by Crippen LogP contribution is -2.27. The number of fused-ring (bicyclic) bond motifs is 1. The number of anilines is 1. The van der Waals surface area contributed by atoms with Gasteiger partial charge in [-0.2, -0.15) is 0 Å². The van der Waals surface area contributed by atoms with Gasteiger partial charge in [0.05, 0.1) is 5.75 Å². The van der Waals surface area contributed by atoms with Crippen LogP contribution in [0.2, 0.25) is 0 Å². The molecule has 3 aromatic carbocycles. The molecule has 0 saturated carbocycles. The van der Waals surface area contributed by atoms with E-state index in [0.717, 1.165) is 38.2 Å².